The molecule has 3 aliphatic rings. The summed E-state index contributed by atoms with van der Waals surface area (Å²) < 4.78 is 30.5. The monoisotopic (exact) mass is 567 g/mol. The van der Waals surface area contributed by atoms with Crippen LogP contribution in [0.15, 0.2) is 6.33 Å². The van der Waals surface area contributed by atoms with E-state index in [0.717, 1.165) is 12.8 Å². The molecule has 0 aromatic carbocycles. The lowest BCUT2D eigenvalue weighted by atomic mass is 10.00. The summed E-state index contributed by atoms with van der Waals surface area (Å²) in [6.45, 7) is 0. The second kappa shape index (κ2) is 9.53. The van der Waals surface area contributed by atoms with Crippen molar-refractivity contribution in [3.8, 4) is 0 Å². The predicted molar refractivity (Wildman–Crippen MR) is 127 cm³/mol. The van der Waals surface area contributed by atoms with Crippen molar-refractivity contribution in [1.82, 2.24) is 19.5 Å². The summed E-state index contributed by atoms with van der Waals surface area (Å²) in [5.41, 5.74) is 0.685. The Hall–Kier alpha value is -1.18. The van der Waals surface area contributed by atoms with E-state index >= 15 is 0 Å². The number of aromatic nitrogens is 4. The quantitative estimate of drug-likeness (QED) is 0.198. The molecular weight excluding hydrogens is 540 g/mol. The van der Waals surface area contributed by atoms with Crippen LogP contribution < -0.4 is 4.90 Å². The highest BCUT2D eigenvalue weighted by molar-refractivity contribution is 7.72. The van der Waals surface area contributed by atoms with Crippen LogP contribution in [-0.4, -0.2) is 98.1 Å². The highest BCUT2D eigenvalue weighted by atomic mass is 35.5. The molecule has 0 spiro atoms. The maximum absolute atomic E-state index is 12.2. The molecule has 200 valence electrons. The summed E-state index contributed by atoms with van der Waals surface area (Å²) in [6, 6.07) is 0.167. The molecule has 0 aliphatic carbocycles. The number of aliphatic hydroxyl groups is 3. The normalized spacial score (nSPS) is 34.4. The molecule has 0 saturated carbocycles. The van der Waals surface area contributed by atoms with E-state index in [1.807, 2.05) is 0 Å². The molecule has 5 heterocycles. The Morgan fingerprint density at radius 2 is 1.72 bits per heavy atom. The van der Waals surface area contributed by atoms with E-state index in [9.17, 15) is 29.3 Å². The molecule has 17 heteroatoms. The number of imidazole rings is 1. The third-order valence-electron chi connectivity index (χ3n) is 7.11. The number of piperidine rings is 1. The lowest BCUT2D eigenvalue weighted by Crippen LogP contribution is -2.45. The van der Waals surface area contributed by atoms with Crippen molar-refractivity contribution >= 4 is 43.5 Å². The Bertz CT molecular complexity index is 1230. The van der Waals surface area contributed by atoms with Crippen LogP contribution in [0.5, 0.6) is 0 Å². The van der Waals surface area contributed by atoms with Crippen molar-refractivity contribution in [2.45, 2.75) is 74.8 Å². The summed E-state index contributed by atoms with van der Waals surface area (Å²) in [7, 11) is -8.89. The van der Waals surface area contributed by atoms with Gasteiger partial charge in [0.25, 0.3) is 0 Å². The minimum atomic E-state index is -4.71. The first kappa shape index (κ1) is 26.4. The molecule has 6 N–H and O–H groups in total. The summed E-state index contributed by atoms with van der Waals surface area (Å²) in [4.78, 5) is 43.1. The van der Waals surface area contributed by atoms with E-state index in [1.54, 1.807) is 0 Å². The Morgan fingerprint density at radius 3 is 2.36 bits per heavy atom. The van der Waals surface area contributed by atoms with Crippen LogP contribution in [0.25, 0.3) is 11.2 Å². The fourth-order valence-corrected chi connectivity index (χ4v) is 9.31. The van der Waals surface area contributed by atoms with Gasteiger partial charge in [-0.25, -0.2) is 4.98 Å². The molecule has 3 aliphatic heterocycles. The molecule has 7 atom stereocenters. The standard InChI is InChI=1S/C19H28ClN5O9P2/c20-19-22-16-13(17(23-19)25-9-1-2-10(25)6-11(26)5-9)21-7-24(16)18-15(28)14(27)12(34-18)3-4-35(29,30)8-36(31,32)33/h7,9-12,14-15,18,26-28H,1-6,8H2,(H,29,30)(H2,31,32,33). The van der Waals surface area contributed by atoms with Crippen LogP contribution >= 0.6 is 26.6 Å². The molecule has 2 aromatic heterocycles. The summed E-state index contributed by atoms with van der Waals surface area (Å²) in [5, 5.41) is 31.3. The third-order valence-corrected chi connectivity index (χ3v) is 11.5. The summed E-state index contributed by atoms with van der Waals surface area (Å²) in [6.07, 6.45) is -1.78. The predicted octanol–water partition coefficient (Wildman–Crippen LogP) is 0.387. The Labute approximate surface area is 210 Å². The number of halogens is 1. The van der Waals surface area contributed by atoms with E-state index in [0.29, 0.717) is 24.2 Å². The van der Waals surface area contributed by atoms with Crippen LogP contribution in [0.4, 0.5) is 5.82 Å². The van der Waals surface area contributed by atoms with E-state index in [2.05, 4.69) is 19.9 Å². The lowest BCUT2D eigenvalue weighted by Gasteiger charge is -2.38. The molecule has 3 saturated heterocycles. The number of fused-ring (bicyclic) bond motifs is 3. The first-order valence-corrected chi connectivity index (χ1v) is 15.8. The van der Waals surface area contributed by atoms with E-state index < -0.39 is 51.6 Å². The fourth-order valence-electron chi connectivity index (χ4n) is 5.62. The molecule has 7 unspecified atom stereocenters. The highest BCUT2D eigenvalue weighted by Crippen LogP contribution is 2.55. The Kier molecular flexibility index (Phi) is 7.00. The lowest BCUT2D eigenvalue weighted by molar-refractivity contribution is -0.0354. The van der Waals surface area contributed by atoms with Gasteiger partial charge >= 0.3 is 7.60 Å². The number of ether oxygens (including phenoxy) is 1. The number of rotatable bonds is 7. The van der Waals surface area contributed by atoms with Gasteiger partial charge in [-0.15, -0.1) is 0 Å². The fraction of sp³-hybridized carbons (Fsp3) is 0.737. The van der Waals surface area contributed by atoms with Crippen LogP contribution in [-0.2, 0) is 13.9 Å². The van der Waals surface area contributed by atoms with Crippen molar-refractivity contribution in [3.05, 3.63) is 11.6 Å². The zero-order valence-electron chi connectivity index (χ0n) is 19.0. The number of anilines is 1. The maximum atomic E-state index is 12.2. The average Bonchev–Trinajstić information content (AvgIpc) is 3.38. The topological polar surface area (TPSA) is 212 Å². The molecule has 5 rings (SSSR count). The SMILES string of the molecule is O=P(O)(O)CP(=O)(O)CCC1OC(n2cnc3c(N4C5CCC4CC(O)C5)nc(Cl)nc32)C(O)C1O. The van der Waals surface area contributed by atoms with E-state index in [1.165, 1.54) is 10.9 Å². The first-order valence-electron chi connectivity index (χ1n) is 11.6. The summed E-state index contributed by atoms with van der Waals surface area (Å²) in [5.74, 6) is -0.652. The molecule has 36 heavy (non-hydrogen) atoms. The first-order chi connectivity index (χ1) is 16.8. The smallest absolute Gasteiger partial charge is 0.335 e. The second-order valence-electron chi connectivity index (χ2n) is 9.77. The largest absolute Gasteiger partial charge is 0.393 e. The van der Waals surface area contributed by atoms with Crippen molar-refractivity contribution < 1.29 is 43.9 Å². The van der Waals surface area contributed by atoms with Gasteiger partial charge in [-0.1, -0.05) is 0 Å². The van der Waals surface area contributed by atoms with Crippen molar-refractivity contribution in [2.24, 2.45) is 0 Å². The minimum absolute atomic E-state index is 0.0481. The van der Waals surface area contributed by atoms with Gasteiger partial charge in [-0.05, 0) is 43.7 Å². The minimum Gasteiger partial charge on any atom is -0.393 e. The summed E-state index contributed by atoms with van der Waals surface area (Å²) >= 11 is 6.25. The van der Waals surface area contributed by atoms with Crippen LogP contribution in [0, 0.1) is 0 Å². The number of aliphatic hydroxyl groups excluding tert-OH is 3. The van der Waals surface area contributed by atoms with Crippen LogP contribution in [0.1, 0.15) is 38.3 Å². The van der Waals surface area contributed by atoms with Gasteiger partial charge in [0.2, 0.25) is 12.7 Å². The Balaban J connectivity index is 1.39. The van der Waals surface area contributed by atoms with Gasteiger partial charge in [0.05, 0.1) is 18.5 Å². The molecular formula is C19H28ClN5O9P2. The molecule has 2 bridgehead atoms. The second-order valence-corrected chi connectivity index (χ2v) is 14.7. The Morgan fingerprint density at radius 1 is 1.06 bits per heavy atom. The maximum Gasteiger partial charge on any atom is 0.335 e. The van der Waals surface area contributed by atoms with Crippen molar-refractivity contribution in [3.63, 3.8) is 0 Å². The van der Waals surface area contributed by atoms with Gasteiger partial charge in [0, 0.05) is 18.2 Å². The average molecular weight is 568 g/mol. The number of hydrogen-bond donors (Lipinski definition) is 6. The van der Waals surface area contributed by atoms with Crippen molar-refractivity contribution in [1.29, 1.82) is 0 Å². The van der Waals surface area contributed by atoms with Gasteiger partial charge < -0.3 is 39.6 Å². The van der Waals surface area contributed by atoms with Crippen molar-refractivity contribution in [2.75, 3.05) is 17.0 Å². The van der Waals surface area contributed by atoms with Crippen LogP contribution in [0.3, 0.4) is 0 Å². The van der Waals surface area contributed by atoms with Gasteiger partial charge in [-0.2, -0.15) is 9.97 Å². The van der Waals surface area contributed by atoms with Gasteiger partial charge in [0.15, 0.2) is 23.2 Å². The molecule has 2 aromatic rings. The zero-order chi connectivity index (χ0) is 26.0. The van der Waals surface area contributed by atoms with Gasteiger partial charge in [0.1, 0.15) is 18.1 Å². The van der Waals surface area contributed by atoms with E-state index in [-0.39, 0.29) is 35.5 Å². The van der Waals surface area contributed by atoms with E-state index in [4.69, 9.17) is 26.1 Å². The van der Waals surface area contributed by atoms with Crippen LogP contribution in [0.2, 0.25) is 5.28 Å². The molecule has 0 amide bonds. The number of nitrogens with zero attached hydrogens (tertiary/aromatic N) is 5. The highest BCUT2D eigenvalue weighted by Gasteiger charge is 2.46. The third kappa shape index (κ3) is 5.09. The zero-order valence-corrected chi connectivity index (χ0v) is 21.5. The van der Waals surface area contributed by atoms with Gasteiger partial charge in [-0.3, -0.25) is 13.7 Å². The molecule has 14 nitrogen and oxygen atoms in total. The number of hydrogen-bond acceptors (Lipinski definition) is 10. The molecule has 3 fully saturated rings. The molecule has 0 radical (unpaired) electrons.